The highest BCUT2D eigenvalue weighted by Crippen LogP contribution is 2.28. The van der Waals surface area contributed by atoms with E-state index in [2.05, 4.69) is 25.8 Å². The molecule has 4 rings (SSSR count). The molecular weight excluding hydrogens is 334 g/mol. The van der Waals surface area contributed by atoms with Gasteiger partial charge in [-0.2, -0.15) is 15.5 Å². The Morgan fingerprint density at radius 3 is 2.96 bits per heavy atom. The highest BCUT2D eigenvalue weighted by atomic mass is 16.5. The predicted molar refractivity (Wildman–Crippen MR) is 92.2 cm³/mol. The van der Waals surface area contributed by atoms with Gasteiger partial charge in [0.25, 0.3) is 5.91 Å². The number of anilines is 1. The van der Waals surface area contributed by atoms with E-state index in [1.165, 1.54) is 10.9 Å². The number of H-pyrrole nitrogens is 1. The minimum Gasteiger partial charge on any atom is -0.364 e. The van der Waals surface area contributed by atoms with E-state index in [1.54, 1.807) is 26.2 Å². The van der Waals surface area contributed by atoms with E-state index < -0.39 is 0 Å². The topological polar surface area (TPSA) is 125 Å². The number of hydrogen-bond acceptors (Lipinski definition) is 6. The van der Waals surface area contributed by atoms with Crippen LogP contribution in [0.4, 0.5) is 5.69 Å². The van der Waals surface area contributed by atoms with Crippen molar-refractivity contribution < 1.29 is 9.32 Å². The summed E-state index contributed by atoms with van der Waals surface area (Å²) in [6, 6.07) is 7.39. The van der Waals surface area contributed by atoms with Crippen molar-refractivity contribution in [2.24, 2.45) is 7.05 Å². The Morgan fingerprint density at radius 2 is 2.27 bits per heavy atom. The molecule has 3 aromatic heterocycles. The molecule has 0 bridgehead atoms. The van der Waals surface area contributed by atoms with E-state index in [0.29, 0.717) is 22.6 Å². The second kappa shape index (κ2) is 5.86. The molecule has 0 saturated carbocycles. The molecule has 9 heteroatoms. The maximum absolute atomic E-state index is 12.6. The molecule has 0 aliphatic carbocycles. The summed E-state index contributed by atoms with van der Waals surface area (Å²) in [4.78, 5) is 12.6. The summed E-state index contributed by atoms with van der Waals surface area (Å²) >= 11 is 0. The Morgan fingerprint density at radius 1 is 1.42 bits per heavy atom. The Balaban J connectivity index is 1.70. The van der Waals surface area contributed by atoms with Crippen molar-refractivity contribution >= 4 is 22.5 Å². The first-order chi connectivity index (χ1) is 12.6. The largest absolute Gasteiger partial charge is 0.364 e. The van der Waals surface area contributed by atoms with Gasteiger partial charge in [-0.3, -0.25) is 14.6 Å². The molecule has 2 N–H and O–H groups in total. The zero-order valence-electron chi connectivity index (χ0n) is 13.9. The third-order valence-electron chi connectivity index (χ3n) is 4.13. The second-order valence-electron chi connectivity index (χ2n) is 5.76. The Kier molecular flexibility index (Phi) is 3.51. The molecule has 0 radical (unpaired) electrons. The third kappa shape index (κ3) is 2.41. The number of hydrogen-bond donors (Lipinski definition) is 2. The number of benzene rings is 1. The predicted octanol–water partition coefficient (Wildman–Crippen LogP) is 2.38. The van der Waals surface area contributed by atoms with Gasteiger partial charge in [0.1, 0.15) is 23.7 Å². The van der Waals surface area contributed by atoms with Gasteiger partial charge in [0.15, 0.2) is 5.69 Å². The van der Waals surface area contributed by atoms with Gasteiger partial charge < -0.3 is 9.84 Å². The normalized spacial score (nSPS) is 10.8. The summed E-state index contributed by atoms with van der Waals surface area (Å²) in [6.07, 6.45) is 3.08. The summed E-state index contributed by atoms with van der Waals surface area (Å²) in [5.74, 6) is -0.339. The van der Waals surface area contributed by atoms with Crippen LogP contribution in [0.15, 0.2) is 35.2 Å². The fourth-order valence-electron chi connectivity index (χ4n) is 2.88. The van der Waals surface area contributed by atoms with Crippen LogP contribution in [0, 0.1) is 18.3 Å². The van der Waals surface area contributed by atoms with Crippen LogP contribution in [0.3, 0.4) is 0 Å². The van der Waals surface area contributed by atoms with Crippen LogP contribution in [-0.4, -0.2) is 31.0 Å². The Bertz CT molecular complexity index is 1160. The molecule has 4 aromatic rings. The number of aromatic amines is 1. The lowest BCUT2D eigenvalue weighted by Gasteiger charge is -2.07. The van der Waals surface area contributed by atoms with E-state index in [9.17, 15) is 4.79 Å². The first-order valence-corrected chi connectivity index (χ1v) is 7.71. The number of carbonyl (C=O) groups excluding carboxylic acids is 1. The fraction of sp³-hybridized carbons (Fsp3) is 0.118. The van der Waals surface area contributed by atoms with Crippen LogP contribution in [0.5, 0.6) is 0 Å². The first kappa shape index (κ1) is 15.6. The molecule has 1 aromatic carbocycles. The molecular formula is C17H13N7O2. The maximum atomic E-state index is 12.6. The number of nitrogens with one attached hydrogen (secondary N) is 2. The van der Waals surface area contributed by atoms with Crippen LogP contribution >= 0.6 is 0 Å². The number of amides is 1. The zero-order chi connectivity index (χ0) is 18.3. The van der Waals surface area contributed by atoms with Gasteiger partial charge in [-0.05, 0) is 25.1 Å². The van der Waals surface area contributed by atoms with E-state index in [4.69, 9.17) is 9.78 Å². The lowest BCUT2D eigenvalue weighted by atomic mass is 10.1. The van der Waals surface area contributed by atoms with E-state index >= 15 is 0 Å². The lowest BCUT2D eigenvalue weighted by Crippen LogP contribution is -2.17. The molecule has 0 aliphatic heterocycles. The quantitative estimate of drug-likeness (QED) is 0.586. The molecule has 9 nitrogen and oxygen atoms in total. The summed E-state index contributed by atoms with van der Waals surface area (Å²) in [6.45, 7) is 1.70. The van der Waals surface area contributed by atoms with E-state index in [-0.39, 0.29) is 11.6 Å². The van der Waals surface area contributed by atoms with Gasteiger partial charge in [-0.15, -0.1) is 0 Å². The van der Waals surface area contributed by atoms with Crippen molar-refractivity contribution in [3.05, 3.63) is 47.6 Å². The van der Waals surface area contributed by atoms with Crippen molar-refractivity contribution in [2.45, 2.75) is 6.92 Å². The van der Waals surface area contributed by atoms with Crippen LogP contribution in [0.1, 0.15) is 21.7 Å². The molecule has 1 amide bonds. The number of aromatic nitrogens is 5. The van der Waals surface area contributed by atoms with E-state index in [1.807, 2.05) is 18.2 Å². The monoisotopic (exact) mass is 347 g/mol. The number of aryl methyl sites for hydroxylation is 1. The van der Waals surface area contributed by atoms with Gasteiger partial charge in [0.2, 0.25) is 0 Å². The minimum absolute atomic E-state index is 0.234. The Labute approximate surface area is 147 Å². The standard InChI is InChI=1S/C17H13N7O2/c1-9-14(6-18)23-24(2)16(9)17(25)20-11-3-4-13-12(5-11)15(22-21-13)10-7-19-26-8-10/h3-5,7-8H,1-2H3,(H,20,25)(H,21,22). The molecule has 0 spiro atoms. The SMILES string of the molecule is Cc1c(C#N)nn(C)c1C(=O)Nc1ccc2[nH]nc(-c3cnoc3)c2c1. The van der Waals surface area contributed by atoms with Crippen LogP contribution < -0.4 is 5.32 Å². The summed E-state index contributed by atoms with van der Waals surface area (Å²) in [5, 5.41) is 27.7. The number of fused-ring (bicyclic) bond motifs is 1. The van der Waals surface area contributed by atoms with Crippen molar-refractivity contribution in [3.8, 4) is 17.3 Å². The minimum atomic E-state index is -0.339. The van der Waals surface area contributed by atoms with Gasteiger partial charge >= 0.3 is 0 Å². The van der Waals surface area contributed by atoms with E-state index in [0.717, 1.165) is 16.5 Å². The zero-order valence-corrected chi connectivity index (χ0v) is 13.9. The molecule has 0 saturated heterocycles. The van der Waals surface area contributed by atoms with Gasteiger partial charge in [-0.1, -0.05) is 5.16 Å². The van der Waals surface area contributed by atoms with Crippen molar-refractivity contribution in [1.82, 2.24) is 25.1 Å². The summed E-state index contributed by atoms with van der Waals surface area (Å²) in [7, 11) is 1.63. The van der Waals surface area contributed by atoms with Gasteiger partial charge in [0.05, 0.1) is 17.3 Å². The average Bonchev–Trinajstić information content (AvgIpc) is 3.33. The van der Waals surface area contributed by atoms with Crippen LogP contribution in [0.2, 0.25) is 0 Å². The van der Waals surface area contributed by atoms with Crippen molar-refractivity contribution in [2.75, 3.05) is 5.32 Å². The van der Waals surface area contributed by atoms with Gasteiger partial charge in [0, 0.05) is 23.7 Å². The molecule has 0 aliphatic rings. The molecule has 0 fully saturated rings. The molecule has 128 valence electrons. The number of nitriles is 1. The average molecular weight is 347 g/mol. The Hall–Kier alpha value is -3.93. The molecule has 0 unspecified atom stereocenters. The summed E-state index contributed by atoms with van der Waals surface area (Å²) < 4.78 is 6.27. The number of rotatable bonds is 3. The molecule has 26 heavy (non-hydrogen) atoms. The third-order valence-corrected chi connectivity index (χ3v) is 4.13. The fourth-order valence-corrected chi connectivity index (χ4v) is 2.88. The number of nitrogens with zero attached hydrogens (tertiary/aromatic N) is 5. The van der Waals surface area contributed by atoms with Gasteiger partial charge in [-0.25, -0.2) is 0 Å². The number of carbonyl (C=O) groups is 1. The highest BCUT2D eigenvalue weighted by Gasteiger charge is 2.19. The van der Waals surface area contributed by atoms with Crippen molar-refractivity contribution in [1.29, 1.82) is 5.26 Å². The summed E-state index contributed by atoms with van der Waals surface area (Å²) in [5.41, 5.74) is 3.96. The lowest BCUT2D eigenvalue weighted by molar-refractivity contribution is 0.101. The first-order valence-electron chi connectivity index (χ1n) is 7.71. The second-order valence-corrected chi connectivity index (χ2v) is 5.76. The molecule has 3 heterocycles. The highest BCUT2D eigenvalue weighted by molar-refractivity contribution is 6.06. The van der Waals surface area contributed by atoms with Crippen LogP contribution in [0.25, 0.3) is 22.2 Å². The van der Waals surface area contributed by atoms with Crippen molar-refractivity contribution in [3.63, 3.8) is 0 Å². The van der Waals surface area contributed by atoms with Crippen LogP contribution in [-0.2, 0) is 7.05 Å². The smallest absolute Gasteiger partial charge is 0.274 e. The molecule has 0 atom stereocenters. The maximum Gasteiger partial charge on any atom is 0.274 e.